The highest BCUT2D eigenvalue weighted by Crippen LogP contribution is 2.14. The molecule has 7 heteroatoms. The topological polar surface area (TPSA) is 76.1 Å². The number of aromatic nitrogens is 2. The number of nitrogens with one attached hydrogen (secondary N) is 2. The molecule has 3 aromatic rings. The summed E-state index contributed by atoms with van der Waals surface area (Å²) in [5, 5.41) is 3.44. The summed E-state index contributed by atoms with van der Waals surface area (Å²) in [6, 6.07) is 14.9. The Morgan fingerprint density at radius 2 is 2.03 bits per heavy atom. The van der Waals surface area contributed by atoms with Crippen molar-refractivity contribution >= 4 is 29.0 Å². The number of hydrogen-bond acceptors (Lipinski definition) is 4. The Hall–Kier alpha value is -2.93. The van der Waals surface area contributed by atoms with Crippen molar-refractivity contribution in [1.82, 2.24) is 14.9 Å². The number of nitrogens with zero attached hydrogens (tertiary/aromatic N) is 1. The van der Waals surface area contributed by atoms with E-state index >= 15 is 0 Å². The number of carbonyl (C=O) groups is 1. The Bertz CT molecular complexity index is 1100. The van der Waals surface area contributed by atoms with E-state index in [0.717, 1.165) is 24.2 Å². The van der Waals surface area contributed by atoms with E-state index in [-0.39, 0.29) is 24.4 Å². The number of benzene rings is 2. The minimum atomic E-state index is -0.186. The Kier molecular flexibility index (Phi) is 7.19. The van der Waals surface area contributed by atoms with Gasteiger partial charge < -0.3 is 15.0 Å². The van der Waals surface area contributed by atoms with Gasteiger partial charge in [-0.3, -0.25) is 14.2 Å². The van der Waals surface area contributed by atoms with Crippen LogP contribution < -0.4 is 15.6 Å². The molecule has 0 bridgehead atoms. The predicted molar refractivity (Wildman–Crippen MR) is 117 cm³/mol. The van der Waals surface area contributed by atoms with Gasteiger partial charge in [-0.25, -0.2) is 0 Å². The van der Waals surface area contributed by atoms with Gasteiger partial charge in [0.15, 0.2) is 4.77 Å². The lowest BCUT2D eigenvalue weighted by atomic mass is 10.2. The van der Waals surface area contributed by atoms with Gasteiger partial charge in [-0.05, 0) is 48.5 Å². The van der Waals surface area contributed by atoms with Gasteiger partial charge in [0.1, 0.15) is 5.75 Å². The van der Waals surface area contributed by atoms with Gasteiger partial charge >= 0.3 is 0 Å². The van der Waals surface area contributed by atoms with Gasteiger partial charge in [0.25, 0.3) is 5.56 Å². The van der Waals surface area contributed by atoms with Crippen LogP contribution in [0.3, 0.4) is 0 Å². The zero-order chi connectivity index (χ0) is 20.6. The Morgan fingerprint density at radius 1 is 1.21 bits per heavy atom. The van der Waals surface area contributed by atoms with Crippen molar-refractivity contribution in [2.45, 2.75) is 39.3 Å². The molecule has 3 rings (SSSR count). The van der Waals surface area contributed by atoms with E-state index in [9.17, 15) is 9.59 Å². The van der Waals surface area contributed by atoms with Crippen LogP contribution in [-0.4, -0.2) is 22.1 Å². The highest BCUT2D eigenvalue weighted by Gasteiger charge is 2.08. The number of hydrogen-bond donors (Lipinski definition) is 2. The zero-order valence-electron chi connectivity index (χ0n) is 16.4. The van der Waals surface area contributed by atoms with Crippen molar-refractivity contribution in [2.75, 3.05) is 6.61 Å². The zero-order valence-corrected chi connectivity index (χ0v) is 17.3. The number of fused-ring (bicyclic) bond motifs is 1. The summed E-state index contributed by atoms with van der Waals surface area (Å²) in [5.74, 6) is 0.663. The van der Waals surface area contributed by atoms with Crippen LogP contribution in [0.4, 0.5) is 0 Å². The molecule has 0 saturated heterocycles. The molecule has 1 aromatic heterocycles. The maximum absolute atomic E-state index is 12.6. The van der Waals surface area contributed by atoms with Crippen LogP contribution in [0.25, 0.3) is 10.9 Å². The summed E-state index contributed by atoms with van der Waals surface area (Å²) in [6.45, 7) is 3.44. The third-order valence-corrected chi connectivity index (χ3v) is 4.93. The van der Waals surface area contributed by atoms with Crippen LogP contribution in [0, 0.1) is 4.77 Å². The van der Waals surface area contributed by atoms with Crippen LogP contribution in [-0.2, 0) is 17.9 Å². The van der Waals surface area contributed by atoms with Crippen molar-refractivity contribution in [3.8, 4) is 5.75 Å². The molecule has 0 atom stereocenters. The number of ether oxygens (including phenoxy) is 1. The summed E-state index contributed by atoms with van der Waals surface area (Å²) in [6.07, 6.45) is 2.26. The van der Waals surface area contributed by atoms with Gasteiger partial charge in [-0.2, -0.15) is 0 Å². The lowest BCUT2D eigenvalue weighted by Crippen LogP contribution is -2.28. The first kappa shape index (κ1) is 20.8. The van der Waals surface area contributed by atoms with E-state index in [1.807, 2.05) is 36.4 Å². The van der Waals surface area contributed by atoms with Crippen molar-refractivity contribution in [1.29, 1.82) is 0 Å². The molecule has 1 amide bonds. The highest BCUT2D eigenvalue weighted by molar-refractivity contribution is 7.71. The summed E-state index contributed by atoms with van der Waals surface area (Å²) < 4.78 is 7.44. The molecule has 152 valence electrons. The number of H-pyrrole nitrogens is 1. The maximum Gasteiger partial charge on any atom is 0.262 e. The molecule has 0 unspecified atom stereocenters. The summed E-state index contributed by atoms with van der Waals surface area (Å²) in [4.78, 5) is 27.9. The van der Waals surface area contributed by atoms with Crippen LogP contribution >= 0.6 is 12.2 Å². The van der Waals surface area contributed by atoms with E-state index in [1.54, 1.807) is 12.1 Å². The number of rotatable bonds is 9. The van der Waals surface area contributed by atoms with Crippen LogP contribution in [0.5, 0.6) is 5.75 Å². The average Bonchev–Trinajstić information content (AvgIpc) is 2.72. The first-order valence-corrected chi connectivity index (χ1v) is 10.2. The normalized spacial score (nSPS) is 10.8. The van der Waals surface area contributed by atoms with Crippen LogP contribution in [0.2, 0.25) is 0 Å². The van der Waals surface area contributed by atoms with Crippen molar-refractivity contribution in [3.05, 3.63) is 69.2 Å². The quantitative estimate of drug-likeness (QED) is 0.413. The fourth-order valence-corrected chi connectivity index (χ4v) is 3.27. The number of unbranched alkanes of at least 4 members (excludes halogenated alkanes) is 1. The minimum absolute atomic E-state index is 0.142. The first-order chi connectivity index (χ1) is 14.1. The second kappa shape index (κ2) is 10.0. The molecule has 0 aliphatic carbocycles. The molecule has 0 spiro atoms. The largest absolute Gasteiger partial charge is 0.494 e. The molecule has 1 heterocycles. The maximum atomic E-state index is 12.6. The standard InChI is InChI=1S/C22H25N3O3S/c1-2-3-13-28-17-8-6-7-16(14-17)15-23-20(26)11-12-25-21(27)18-9-4-5-10-19(18)24-22(25)29/h4-10,14H,2-3,11-13,15H2,1H3,(H,23,26)(H,24,29). The molecule has 2 aromatic carbocycles. The van der Waals surface area contributed by atoms with E-state index in [0.29, 0.717) is 28.8 Å². The molecular weight excluding hydrogens is 386 g/mol. The van der Waals surface area contributed by atoms with E-state index in [4.69, 9.17) is 17.0 Å². The number of amides is 1. The van der Waals surface area contributed by atoms with Gasteiger partial charge in [-0.15, -0.1) is 0 Å². The molecule has 2 N–H and O–H groups in total. The Labute approximate surface area is 174 Å². The number of aromatic amines is 1. The molecule has 0 radical (unpaired) electrons. The summed E-state index contributed by atoms with van der Waals surface area (Å²) >= 11 is 5.28. The molecule has 0 fully saturated rings. The van der Waals surface area contributed by atoms with E-state index in [1.165, 1.54) is 4.57 Å². The van der Waals surface area contributed by atoms with Gasteiger partial charge in [0.05, 0.1) is 17.5 Å². The molecule has 29 heavy (non-hydrogen) atoms. The van der Waals surface area contributed by atoms with E-state index in [2.05, 4.69) is 17.2 Å². The lowest BCUT2D eigenvalue weighted by Gasteiger charge is -2.10. The lowest BCUT2D eigenvalue weighted by molar-refractivity contribution is -0.121. The Balaban J connectivity index is 1.57. The average molecular weight is 412 g/mol. The third kappa shape index (κ3) is 5.54. The molecule has 0 aliphatic heterocycles. The fraction of sp³-hybridized carbons (Fsp3) is 0.318. The van der Waals surface area contributed by atoms with E-state index < -0.39 is 0 Å². The van der Waals surface area contributed by atoms with Crippen molar-refractivity contribution < 1.29 is 9.53 Å². The van der Waals surface area contributed by atoms with Gasteiger partial charge in [0, 0.05) is 19.5 Å². The smallest absolute Gasteiger partial charge is 0.262 e. The summed E-state index contributed by atoms with van der Waals surface area (Å²) in [5.41, 5.74) is 1.48. The first-order valence-electron chi connectivity index (χ1n) is 9.79. The molecule has 0 saturated carbocycles. The summed E-state index contributed by atoms with van der Waals surface area (Å²) in [7, 11) is 0. The second-order valence-electron chi connectivity index (χ2n) is 6.81. The monoisotopic (exact) mass is 411 g/mol. The fourth-order valence-electron chi connectivity index (χ4n) is 2.98. The minimum Gasteiger partial charge on any atom is -0.494 e. The third-order valence-electron chi connectivity index (χ3n) is 4.61. The van der Waals surface area contributed by atoms with Crippen LogP contribution in [0.15, 0.2) is 53.3 Å². The van der Waals surface area contributed by atoms with Gasteiger partial charge in [-0.1, -0.05) is 37.6 Å². The molecular formula is C22H25N3O3S. The van der Waals surface area contributed by atoms with Gasteiger partial charge in [0.2, 0.25) is 5.91 Å². The van der Waals surface area contributed by atoms with Crippen molar-refractivity contribution in [2.24, 2.45) is 0 Å². The van der Waals surface area contributed by atoms with Crippen molar-refractivity contribution in [3.63, 3.8) is 0 Å². The second-order valence-corrected chi connectivity index (χ2v) is 7.20. The molecule has 6 nitrogen and oxygen atoms in total. The SMILES string of the molecule is CCCCOc1cccc(CNC(=O)CCn2c(=S)[nH]c3ccccc3c2=O)c1. The number of carbonyl (C=O) groups excluding carboxylic acids is 1. The number of para-hydroxylation sites is 1. The Morgan fingerprint density at radius 3 is 2.86 bits per heavy atom. The molecule has 0 aliphatic rings. The highest BCUT2D eigenvalue weighted by atomic mass is 32.1. The van der Waals surface area contributed by atoms with Crippen LogP contribution in [0.1, 0.15) is 31.7 Å². The predicted octanol–water partition coefficient (Wildman–Crippen LogP) is 3.94.